The molecule has 74 valence electrons. The van der Waals surface area contributed by atoms with Gasteiger partial charge in [0.25, 0.3) is 0 Å². The highest BCUT2D eigenvalue weighted by molar-refractivity contribution is 6.28. The van der Waals surface area contributed by atoms with Crippen LogP contribution in [0.4, 0.5) is 4.39 Å². The summed E-state index contributed by atoms with van der Waals surface area (Å²) in [5.41, 5.74) is -1.01. The van der Waals surface area contributed by atoms with E-state index in [2.05, 4.69) is 4.74 Å². The van der Waals surface area contributed by atoms with E-state index in [-0.39, 0.29) is 5.92 Å². The minimum atomic E-state index is -1.84. The van der Waals surface area contributed by atoms with E-state index in [0.29, 0.717) is 12.8 Å². The Morgan fingerprint density at radius 2 is 2.31 bits per heavy atom. The van der Waals surface area contributed by atoms with E-state index < -0.39 is 16.5 Å². The molecule has 0 heterocycles. The summed E-state index contributed by atoms with van der Waals surface area (Å²) >= 11 is 5.68. The first-order valence-corrected chi connectivity index (χ1v) is 4.91. The van der Waals surface area contributed by atoms with Crippen molar-refractivity contribution in [1.29, 1.82) is 0 Å². The highest BCUT2D eigenvalue weighted by Gasteiger charge is 2.82. The Kier molecular flexibility index (Phi) is 1.85. The first-order chi connectivity index (χ1) is 6.07. The Bertz CT molecular complexity index is 254. The van der Waals surface area contributed by atoms with Gasteiger partial charge in [-0.25, -0.2) is 4.39 Å². The molecule has 0 radical (unpaired) electrons. The topological polar surface area (TPSA) is 26.3 Å². The van der Waals surface area contributed by atoms with Gasteiger partial charge in [-0.1, -0.05) is 24.4 Å². The van der Waals surface area contributed by atoms with Crippen molar-refractivity contribution >= 4 is 17.6 Å². The maximum atomic E-state index is 13.7. The van der Waals surface area contributed by atoms with Crippen LogP contribution in [0.2, 0.25) is 0 Å². The van der Waals surface area contributed by atoms with Crippen molar-refractivity contribution in [3.05, 3.63) is 0 Å². The highest BCUT2D eigenvalue weighted by Crippen LogP contribution is 2.73. The molecule has 2 saturated carbocycles. The van der Waals surface area contributed by atoms with Gasteiger partial charge in [0, 0.05) is 5.92 Å². The number of carbonyl (C=O) groups is 1. The summed E-state index contributed by atoms with van der Waals surface area (Å²) in [5, 5.41) is -1.84. The molecule has 2 aliphatic rings. The molecule has 4 heteroatoms. The molecular weight excluding hydrogens is 195 g/mol. The fourth-order valence-electron chi connectivity index (χ4n) is 2.62. The number of rotatable bonds is 1. The minimum absolute atomic E-state index is 0.317. The fourth-order valence-corrected chi connectivity index (χ4v) is 3.16. The predicted molar refractivity (Wildman–Crippen MR) is 46.1 cm³/mol. The number of fused-ring (bicyclic) bond motifs is 1. The van der Waals surface area contributed by atoms with Crippen molar-refractivity contribution in [2.24, 2.45) is 11.3 Å². The van der Waals surface area contributed by atoms with E-state index in [0.717, 1.165) is 12.8 Å². The number of carbonyl (C=O) groups excluding carboxylic acids is 1. The Labute approximate surface area is 81.4 Å². The largest absolute Gasteiger partial charge is 0.468 e. The Hall–Kier alpha value is -0.310. The molecule has 0 spiro atoms. The second-order valence-corrected chi connectivity index (χ2v) is 4.43. The third-order valence-electron chi connectivity index (χ3n) is 3.41. The predicted octanol–water partition coefficient (Wildman–Crippen LogP) is 2.25. The molecule has 0 N–H and O–H groups in total. The number of methoxy groups -OCH3 is 1. The third kappa shape index (κ3) is 0.912. The van der Waals surface area contributed by atoms with Gasteiger partial charge in [-0.05, 0) is 12.8 Å². The maximum Gasteiger partial charge on any atom is 0.316 e. The number of hydrogen-bond donors (Lipinski definition) is 0. The second kappa shape index (κ2) is 2.59. The van der Waals surface area contributed by atoms with E-state index in [1.807, 2.05) is 0 Å². The summed E-state index contributed by atoms with van der Waals surface area (Å²) in [6.45, 7) is 0. The van der Waals surface area contributed by atoms with Crippen molar-refractivity contribution in [3.8, 4) is 0 Å². The lowest BCUT2D eigenvalue weighted by atomic mass is 9.88. The van der Waals surface area contributed by atoms with Crippen LogP contribution in [0.15, 0.2) is 0 Å². The Morgan fingerprint density at radius 1 is 1.62 bits per heavy atom. The van der Waals surface area contributed by atoms with Crippen molar-refractivity contribution in [2.75, 3.05) is 7.11 Å². The van der Waals surface area contributed by atoms with Gasteiger partial charge in [-0.3, -0.25) is 4.79 Å². The minimum Gasteiger partial charge on any atom is -0.468 e. The number of hydrogen-bond acceptors (Lipinski definition) is 2. The van der Waals surface area contributed by atoms with Crippen molar-refractivity contribution in [2.45, 2.75) is 30.8 Å². The average molecular weight is 207 g/mol. The zero-order valence-corrected chi connectivity index (χ0v) is 8.23. The summed E-state index contributed by atoms with van der Waals surface area (Å²) in [6.07, 6.45) is 3.06. The number of halogens is 2. The van der Waals surface area contributed by atoms with Gasteiger partial charge in [-0.15, -0.1) is 0 Å². The molecule has 0 amide bonds. The molecular formula is C9H12ClFO2. The molecule has 2 aliphatic carbocycles. The van der Waals surface area contributed by atoms with Crippen LogP contribution in [0.3, 0.4) is 0 Å². The normalized spacial score (nSPS) is 48.1. The molecule has 0 aliphatic heterocycles. The van der Waals surface area contributed by atoms with E-state index >= 15 is 0 Å². The van der Waals surface area contributed by atoms with Crippen LogP contribution in [-0.2, 0) is 9.53 Å². The van der Waals surface area contributed by atoms with Crippen molar-refractivity contribution in [1.82, 2.24) is 0 Å². The highest BCUT2D eigenvalue weighted by atomic mass is 35.5. The monoisotopic (exact) mass is 206 g/mol. The van der Waals surface area contributed by atoms with Gasteiger partial charge in [0.1, 0.15) is 5.41 Å². The van der Waals surface area contributed by atoms with Crippen molar-refractivity contribution in [3.63, 3.8) is 0 Å². The summed E-state index contributed by atoms with van der Waals surface area (Å²) in [5.74, 6) is -0.794. The van der Waals surface area contributed by atoms with Crippen LogP contribution < -0.4 is 0 Å². The number of ether oxygens (including phenoxy) is 1. The number of esters is 1. The SMILES string of the molecule is COC(=O)[C@]12CCCC[C@@H]1[C@]2(F)Cl. The van der Waals surface area contributed by atoms with Crippen LogP contribution >= 0.6 is 11.6 Å². The molecule has 2 fully saturated rings. The lowest BCUT2D eigenvalue weighted by Crippen LogP contribution is -2.25. The van der Waals surface area contributed by atoms with Crippen LogP contribution in [0.1, 0.15) is 25.7 Å². The Balaban J connectivity index is 2.26. The van der Waals surface area contributed by atoms with Crippen molar-refractivity contribution < 1.29 is 13.9 Å². The summed E-state index contributed by atoms with van der Waals surface area (Å²) in [6, 6.07) is 0. The lowest BCUT2D eigenvalue weighted by molar-refractivity contribution is -0.149. The molecule has 0 bridgehead atoms. The van der Waals surface area contributed by atoms with E-state index in [4.69, 9.17) is 11.6 Å². The maximum absolute atomic E-state index is 13.7. The summed E-state index contributed by atoms with van der Waals surface area (Å²) in [7, 11) is 1.29. The first-order valence-electron chi connectivity index (χ1n) is 4.53. The van der Waals surface area contributed by atoms with Gasteiger partial charge >= 0.3 is 5.97 Å². The molecule has 0 saturated heterocycles. The van der Waals surface area contributed by atoms with Crippen LogP contribution in [0, 0.1) is 11.3 Å². The second-order valence-electron chi connectivity index (χ2n) is 3.88. The van der Waals surface area contributed by atoms with E-state index in [1.54, 1.807) is 0 Å². The van der Waals surface area contributed by atoms with Crippen LogP contribution in [-0.4, -0.2) is 18.2 Å². The third-order valence-corrected chi connectivity index (χ3v) is 4.01. The number of alkyl halides is 2. The molecule has 2 nitrogen and oxygen atoms in total. The molecule has 0 aromatic rings. The molecule has 13 heavy (non-hydrogen) atoms. The fraction of sp³-hybridized carbons (Fsp3) is 0.889. The lowest BCUT2D eigenvalue weighted by Gasteiger charge is -2.17. The standard InChI is InChI=1S/C9H12ClFO2/c1-13-7(12)8-5-3-2-4-6(8)9(8,10)11/h6H,2-5H2,1H3/t6-,8-,9+/m0/s1. The molecule has 3 atom stereocenters. The van der Waals surface area contributed by atoms with Gasteiger partial charge in [0.15, 0.2) is 0 Å². The zero-order valence-electron chi connectivity index (χ0n) is 7.48. The van der Waals surface area contributed by atoms with Crippen LogP contribution in [0.25, 0.3) is 0 Å². The van der Waals surface area contributed by atoms with Gasteiger partial charge in [0.05, 0.1) is 7.11 Å². The quantitative estimate of drug-likeness (QED) is 0.486. The van der Waals surface area contributed by atoms with Crippen LogP contribution in [0.5, 0.6) is 0 Å². The molecule has 2 rings (SSSR count). The summed E-state index contributed by atoms with van der Waals surface area (Å²) in [4.78, 5) is 11.4. The Morgan fingerprint density at radius 3 is 2.85 bits per heavy atom. The summed E-state index contributed by atoms with van der Waals surface area (Å²) < 4.78 is 18.3. The van der Waals surface area contributed by atoms with Gasteiger partial charge < -0.3 is 4.74 Å². The van der Waals surface area contributed by atoms with Gasteiger partial charge in [0.2, 0.25) is 5.13 Å². The van der Waals surface area contributed by atoms with E-state index in [1.165, 1.54) is 7.11 Å². The van der Waals surface area contributed by atoms with Gasteiger partial charge in [-0.2, -0.15) is 0 Å². The smallest absolute Gasteiger partial charge is 0.316 e. The zero-order chi connectivity index (χ0) is 9.69. The molecule has 0 unspecified atom stereocenters. The van der Waals surface area contributed by atoms with E-state index in [9.17, 15) is 9.18 Å². The molecule has 0 aromatic heterocycles. The first kappa shape index (κ1) is 9.25. The molecule has 0 aromatic carbocycles. The average Bonchev–Trinajstić information content (AvgIpc) is 2.65.